The fraction of sp³-hybridized carbons (Fsp3) is 0.222. The summed E-state index contributed by atoms with van der Waals surface area (Å²) >= 11 is 0. The Kier molecular flexibility index (Phi) is 2.93. The summed E-state index contributed by atoms with van der Waals surface area (Å²) in [6.07, 6.45) is 0. The fourth-order valence-corrected chi connectivity index (χ4v) is 3.74. The highest BCUT2D eigenvalue weighted by atomic mass is 16.6. The van der Waals surface area contributed by atoms with Crippen LogP contribution in [0.15, 0.2) is 36.4 Å². The van der Waals surface area contributed by atoms with Crippen LogP contribution in [0.25, 0.3) is 0 Å². The number of methoxy groups -OCH3 is 1. The van der Waals surface area contributed by atoms with Gasteiger partial charge in [-0.3, -0.25) is 9.59 Å². The molecule has 1 amide bonds. The predicted octanol–water partition coefficient (Wildman–Crippen LogP) is 1.04. The Morgan fingerprint density at radius 2 is 2.04 bits per heavy atom. The Balaban J connectivity index is 2.05. The SMILES string of the molecule is COc1ccc2c(c1)O[C@@]1(O)c3cccc(N)c3C(=O)[C@@]21NC(C)=O. The average molecular weight is 340 g/mol. The van der Waals surface area contributed by atoms with E-state index in [4.69, 9.17) is 15.2 Å². The first-order valence-corrected chi connectivity index (χ1v) is 7.67. The number of aliphatic hydroxyl groups is 1. The highest BCUT2D eigenvalue weighted by Gasteiger charge is 2.71. The van der Waals surface area contributed by atoms with Crippen LogP contribution in [0.1, 0.15) is 28.4 Å². The van der Waals surface area contributed by atoms with Gasteiger partial charge in [0.15, 0.2) is 0 Å². The van der Waals surface area contributed by atoms with E-state index in [2.05, 4.69) is 5.32 Å². The molecule has 2 aromatic carbocycles. The van der Waals surface area contributed by atoms with Crippen molar-refractivity contribution in [2.24, 2.45) is 0 Å². The van der Waals surface area contributed by atoms with Gasteiger partial charge in [0.25, 0.3) is 5.79 Å². The number of Topliss-reactive ketones (excluding diaryl/α,β-unsaturated/α-hetero) is 1. The summed E-state index contributed by atoms with van der Waals surface area (Å²) in [6, 6.07) is 9.55. The third kappa shape index (κ3) is 1.68. The summed E-state index contributed by atoms with van der Waals surface area (Å²) in [5, 5.41) is 14.0. The Morgan fingerprint density at radius 3 is 2.72 bits per heavy atom. The molecule has 7 nitrogen and oxygen atoms in total. The highest BCUT2D eigenvalue weighted by Crippen LogP contribution is 2.59. The molecule has 0 radical (unpaired) electrons. The minimum Gasteiger partial charge on any atom is -0.497 e. The lowest BCUT2D eigenvalue weighted by Crippen LogP contribution is -2.59. The quantitative estimate of drug-likeness (QED) is 0.705. The van der Waals surface area contributed by atoms with Crippen molar-refractivity contribution >= 4 is 17.4 Å². The van der Waals surface area contributed by atoms with Crippen molar-refractivity contribution in [2.45, 2.75) is 18.2 Å². The summed E-state index contributed by atoms with van der Waals surface area (Å²) in [5.74, 6) is -2.32. The molecule has 25 heavy (non-hydrogen) atoms. The summed E-state index contributed by atoms with van der Waals surface area (Å²) in [7, 11) is 1.50. The second-order valence-corrected chi connectivity index (χ2v) is 6.14. The van der Waals surface area contributed by atoms with Crippen molar-refractivity contribution in [1.82, 2.24) is 5.32 Å². The van der Waals surface area contributed by atoms with Gasteiger partial charge in [0.1, 0.15) is 11.5 Å². The standard InChI is InChI=1S/C18H16N2O5/c1-9(21)20-17-11-7-6-10(24-2)8-14(11)25-18(17,23)12-4-3-5-13(19)15(12)16(17)22/h3-8,23H,19H2,1-2H3,(H,20,21)/t17-,18-/m0/s1. The molecule has 0 saturated heterocycles. The van der Waals surface area contributed by atoms with Crippen molar-refractivity contribution in [3.8, 4) is 11.5 Å². The number of nitrogen functional groups attached to an aromatic ring is 1. The van der Waals surface area contributed by atoms with E-state index in [1.54, 1.807) is 36.4 Å². The Labute approximate surface area is 143 Å². The molecule has 4 rings (SSSR count). The number of rotatable bonds is 2. The van der Waals surface area contributed by atoms with Crippen LogP contribution >= 0.6 is 0 Å². The van der Waals surface area contributed by atoms with Crippen LogP contribution in [-0.2, 0) is 16.1 Å². The average Bonchev–Trinajstić information content (AvgIpc) is 2.92. The number of fused-ring (bicyclic) bond motifs is 5. The van der Waals surface area contributed by atoms with Crippen molar-refractivity contribution in [2.75, 3.05) is 12.8 Å². The lowest BCUT2D eigenvalue weighted by Gasteiger charge is -2.34. The van der Waals surface area contributed by atoms with Crippen molar-refractivity contribution in [3.63, 3.8) is 0 Å². The van der Waals surface area contributed by atoms with Gasteiger partial charge in [-0.1, -0.05) is 12.1 Å². The van der Waals surface area contributed by atoms with Crippen LogP contribution in [-0.4, -0.2) is 23.9 Å². The number of ether oxygens (including phenoxy) is 2. The van der Waals surface area contributed by atoms with E-state index < -0.39 is 23.0 Å². The molecule has 1 aliphatic carbocycles. The Hall–Kier alpha value is -3.06. The maximum atomic E-state index is 13.3. The fourth-order valence-electron chi connectivity index (χ4n) is 3.74. The molecule has 2 aromatic rings. The molecule has 0 spiro atoms. The largest absolute Gasteiger partial charge is 0.497 e. The lowest BCUT2D eigenvalue weighted by molar-refractivity contribution is -0.175. The molecular weight excluding hydrogens is 324 g/mol. The van der Waals surface area contributed by atoms with Gasteiger partial charge in [0, 0.05) is 29.8 Å². The molecule has 128 valence electrons. The van der Waals surface area contributed by atoms with Crippen molar-refractivity contribution in [1.29, 1.82) is 0 Å². The number of benzene rings is 2. The normalized spacial score (nSPS) is 25.6. The molecule has 0 saturated carbocycles. The second kappa shape index (κ2) is 4.73. The van der Waals surface area contributed by atoms with Gasteiger partial charge in [0.2, 0.25) is 17.2 Å². The number of nitrogens with two attached hydrogens (primary N) is 1. The molecule has 1 heterocycles. The second-order valence-electron chi connectivity index (χ2n) is 6.14. The van der Waals surface area contributed by atoms with Gasteiger partial charge in [-0.25, -0.2) is 0 Å². The Bertz CT molecular complexity index is 941. The van der Waals surface area contributed by atoms with Crippen molar-refractivity contribution in [3.05, 3.63) is 53.1 Å². The number of carbonyl (C=O) groups excluding carboxylic acids is 2. The number of ketones is 1. The van der Waals surface area contributed by atoms with E-state index in [0.29, 0.717) is 11.3 Å². The molecule has 1 aliphatic heterocycles. The zero-order chi connectivity index (χ0) is 18.0. The van der Waals surface area contributed by atoms with Crippen LogP contribution in [0.5, 0.6) is 11.5 Å². The van der Waals surface area contributed by atoms with Crippen LogP contribution < -0.4 is 20.5 Å². The third-order valence-electron chi connectivity index (χ3n) is 4.75. The molecule has 0 bridgehead atoms. The summed E-state index contributed by atoms with van der Waals surface area (Å²) < 4.78 is 11.0. The smallest absolute Gasteiger partial charge is 0.271 e. The van der Waals surface area contributed by atoms with E-state index in [9.17, 15) is 14.7 Å². The number of hydrogen-bond donors (Lipinski definition) is 3. The molecule has 2 aliphatic rings. The number of anilines is 1. The molecule has 7 heteroatoms. The molecule has 0 aromatic heterocycles. The summed E-state index contributed by atoms with van der Waals surface area (Å²) in [6.45, 7) is 1.27. The van der Waals surface area contributed by atoms with Crippen LogP contribution in [0.2, 0.25) is 0 Å². The summed E-state index contributed by atoms with van der Waals surface area (Å²) in [5.41, 5.74) is 5.11. The van der Waals surface area contributed by atoms with Gasteiger partial charge in [-0.2, -0.15) is 0 Å². The highest BCUT2D eigenvalue weighted by molar-refractivity contribution is 6.15. The monoisotopic (exact) mass is 340 g/mol. The van der Waals surface area contributed by atoms with E-state index >= 15 is 0 Å². The molecule has 2 atom stereocenters. The van der Waals surface area contributed by atoms with Gasteiger partial charge >= 0.3 is 0 Å². The maximum absolute atomic E-state index is 13.3. The van der Waals surface area contributed by atoms with Gasteiger partial charge in [0.05, 0.1) is 12.7 Å². The number of amides is 1. The Morgan fingerprint density at radius 1 is 1.28 bits per heavy atom. The molecule has 0 unspecified atom stereocenters. The van der Waals surface area contributed by atoms with Crippen LogP contribution in [0.3, 0.4) is 0 Å². The van der Waals surface area contributed by atoms with Gasteiger partial charge in [-0.05, 0) is 18.2 Å². The first-order chi connectivity index (χ1) is 11.8. The number of hydrogen-bond acceptors (Lipinski definition) is 6. The van der Waals surface area contributed by atoms with E-state index in [-0.39, 0.29) is 22.6 Å². The minimum absolute atomic E-state index is 0.153. The topological polar surface area (TPSA) is 111 Å². The van der Waals surface area contributed by atoms with Crippen LogP contribution in [0, 0.1) is 0 Å². The minimum atomic E-state index is -2.09. The molecule has 4 N–H and O–H groups in total. The number of carbonyl (C=O) groups is 2. The first kappa shape index (κ1) is 15.5. The first-order valence-electron chi connectivity index (χ1n) is 7.67. The molecular formula is C18H16N2O5. The molecule has 0 fully saturated rings. The van der Waals surface area contributed by atoms with E-state index in [0.717, 1.165) is 0 Å². The lowest BCUT2D eigenvalue weighted by atomic mass is 9.83. The predicted molar refractivity (Wildman–Crippen MR) is 88.2 cm³/mol. The van der Waals surface area contributed by atoms with Crippen molar-refractivity contribution < 1.29 is 24.2 Å². The van der Waals surface area contributed by atoms with Gasteiger partial charge < -0.3 is 25.6 Å². The number of nitrogens with one attached hydrogen (secondary N) is 1. The zero-order valence-electron chi connectivity index (χ0n) is 13.6. The van der Waals surface area contributed by atoms with E-state index in [1.807, 2.05) is 0 Å². The maximum Gasteiger partial charge on any atom is 0.271 e. The van der Waals surface area contributed by atoms with Gasteiger partial charge in [-0.15, -0.1) is 0 Å². The van der Waals surface area contributed by atoms with Crippen LogP contribution in [0.4, 0.5) is 5.69 Å². The zero-order valence-corrected chi connectivity index (χ0v) is 13.6. The third-order valence-corrected chi connectivity index (χ3v) is 4.75. The van der Waals surface area contributed by atoms with E-state index in [1.165, 1.54) is 14.0 Å². The summed E-state index contributed by atoms with van der Waals surface area (Å²) in [4.78, 5) is 25.2.